The molecule has 4 heteroatoms. The number of rotatable bonds is 7. The van der Waals surface area contributed by atoms with Crippen molar-refractivity contribution in [2.24, 2.45) is 0 Å². The van der Waals surface area contributed by atoms with Crippen LogP contribution in [0.3, 0.4) is 0 Å². The summed E-state index contributed by atoms with van der Waals surface area (Å²) in [6.45, 7) is 3.79. The molecule has 0 aromatic heterocycles. The largest absolute Gasteiger partial charge is 0.493 e. The standard InChI is InChI=1S/C22H25NO3/c1-4-9-16-14-17(15-19(25-2)20(16)26-3)21(24)23-22(12-8-13-22)18-10-6-5-7-11-18/h4-7,10-11,14-15H,1,8-9,12-13H2,2-3H3,(H,23,24). The fourth-order valence-corrected chi connectivity index (χ4v) is 3.54. The normalized spacial score (nSPS) is 14.8. The van der Waals surface area contributed by atoms with E-state index in [9.17, 15) is 4.79 Å². The second-order valence-electron chi connectivity index (χ2n) is 6.62. The van der Waals surface area contributed by atoms with Gasteiger partial charge in [0.15, 0.2) is 11.5 Å². The second-order valence-corrected chi connectivity index (χ2v) is 6.62. The average molecular weight is 351 g/mol. The topological polar surface area (TPSA) is 47.6 Å². The van der Waals surface area contributed by atoms with Gasteiger partial charge < -0.3 is 14.8 Å². The lowest BCUT2D eigenvalue weighted by Crippen LogP contribution is -2.50. The van der Waals surface area contributed by atoms with Crippen LogP contribution in [0.1, 0.15) is 40.7 Å². The SMILES string of the molecule is C=CCc1cc(C(=O)NC2(c3ccccc3)CCC2)cc(OC)c1OC. The third-order valence-electron chi connectivity index (χ3n) is 5.07. The van der Waals surface area contributed by atoms with Crippen LogP contribution in [0.25, 0.3) is 0 Å². The predicted octanol–water partition coefficient (Wildman–Crippen LogP) is 4.24. The van der Waals surface area contributed by atoms with E-state index in [1.54, 1.807) is 26.4 Å². The summed E-state index contributed by atoms with van der Waals surface area (Å²) >= 11 is 0. The molecular weight excluding hydrogens is 326 g/mol. The summed E-state index contributed by atoms with van der Waals surface area (Å²) in [5.41, 5.74) is 2.34. The van der Waals surface area contributed by atoms with Crippen LogP contribution < -0.4 is 14.8 Å². The number of hydrogen-bond donors (Lipinski definition) is 1. The highest BCUT2D eigenvalue weighted by Crippen LogP contribution is 2.41. The summed E-state index contributed by atoms with van der Waals surface area (Å²) in [7, 11) is 3.18. The molecule has 0 radical (unpaired) electrons. The van der Waals surface area contributed by atoms with Crippen LogP contribution in [0.5, 0.6) is 11.5 Å². The number of hydrogen-bond acceptors (Lipinski definition) is 3. The number of amides is 1. The lowest BCUT2D eigenvalue weighted by atomic mass is 9.71. The maximum Gasteiger partial charge on any atom is 0.252 e. The highest BCUT2D eigenvalue weighted by Gasteiger charge is 2.40. The highest BCUT2D eigenvalue weighted by atomic mass is 16.5. The Bertz CT molecular complexity index is 795. The van der Waals surface area contributed by atoms with Gasteiger partial charge in [-0.05, 0) is 43.4 Å². The van der Waals surface area contributed by atoms with E-state index in [1.807, 2.05) is 24.3 Å². The smallest absolute Gasteiger partial charge is 0.252 e. The third kappa shape index (κ3) is 3.32. The van der Waals surface area contributed by atoms with Crippen LogP contribution in [-0.2, 0) is 12.0 Å². The Labute approximate surface area is 154 Å². The number of ether oxygens (including phenoxy) is 2. The molecule has 2 aromatic rings. The van der Waals surface area contributed by atoms with E-state index >= 15 is 0 Å². The van der Waals surface area contributed by atoms with Crippen LogP contribution in [0.4, 0.5) is 0 Å². The van der Waals surface area contributed by atoms with Gasteiger partial charge in [-0.2, -0.15) is 0 Å². The fraction of sp³-hybridized carbons (Fsp3) is 0.318. The zero-order valence-electron chi connectivity index (χ0n) is 15.4. The molecule has 0 atom stereocenters. The molecule has 1 aliphatic carbocycles. The van der Waals surface area contributed by atoms with Crippen LogP contribution >= 0.6 is 0 Å². The average Bonchev–Trinajstić information content (AvgIpc) is 2.64. The Morgan fingerprint density at radius 3 is 2.46 bits per heavy atom. The van der Waals surface area contributed by atoms with Crippen LogP contribution in [0, 0.1) is 0 Å². The van der Waals surface area contributed by atoms with Crippen molar-refractivity contribution >= 4 is 5.91 Å². The van der Waals surface area contributed by atoms with Crippen LogP contribution in [0.2, 0.25) is 0 Å². The molecule has 0 heterocycles. The number of benzene rings is 2. The van der Waals surface area contributed by atoms with Gasteiger partial charge in [-0.15, -0.1) is 6.58 Å². The first-order valence-electron chi connectivity index (χ1n) is 8.87. The van der Waals surface area contributed by atoms with E-state index in [-0.39, 0.29) is 11.4 Å². The minimum atomic E-state index is -0.274. The zero-order chi connectivity index (χ0) is 18.6. The molecular formula is C22H25NO3. The van der Waals surface area contributed by atoms with Gasteiger partial charge in [0, 0.05) is 11.1 Å². The maximum atomic E-state index is 13.0. The Morgan fingerprint density at radius 2 is 1.92 bits per heavy atom. The van der Waals surface area contributed by atoms with Crippen molar-refractivity contribution in [3.63, 3.8) is 0 Å². The molecule has 2 aromatic carbocycles. The highest BCUT2D eigenvalue weighted by molar-refractivity contribution is 5.96. The second kappa shape index (κ2) is 7.65. The van der Waals surface area contributed by atoms with E-state index in [4.69, 9.17) is 9.47 Å². The van der Waals surface area contributed by atoms with E-state index in [1.165, 1.54) is 0 Å². The van der Waals surface area contributed by atoms with Gasteiger partial charge in [-0.1, -0.05) is 36.4 Å². The van der Waals surface area contributed by atoms with E-state index in [2.05, 4.69) is 24.0 Å². The van der Waals surface area contributed by atoms with Crippen molar-refractivity contribution in [3.05, 3.63) is 71.8 Å². The van der Waals surface area contributed by atoms with Crippen molar-refractivity contribution in [1.29, 1.82) is 0 Å². The summed E-state index contributed by atoms with van der Waals surface area (Å²) < 4.78 is 10.9. The van der Waals surface area contributed by atoms with Gasteiger partial charge in [-0.3, -0.25) is 4.79 Å². The molecule has 26 heavy (non-hydrogen) atoms. The summed E-state index contributed by atoms with van der Waals surface area (Å²) in [6.07, 6.45) is 5.41. The summed E-state index contributed by atoms with van der Waals surface area (Å²) in [5, 5.41) is 3.26. The van der Waals surface area contributed by atoms with Gasteiger partial charge in [0.05, 0.1) is 19.8 Å². The van der Waals surface area contributed by atoms with Gasteiger partial charge in [0.25, 0.3) is 5.91 Å². The van der Waals surface area contributed by atoms with Crippen molar-refractivity contribution in [2.45, 2.75) is 31.2 Å². The first-order valence-corrected chi connectivity index (χ1v) is 8.87. The van der Waals surface area contributed by atoms with E-state index in [0.29, 0.717) is 23.5 Å². The van der Waals surface area contributed by atoms with E-state index in [0.717, 1.165) is 30.4 Å². The van der Waals surface area contributed by atoms with Crippen molar-refractivity contribution in [3.8, 4) is 11.5 Å². The maximum absolute atomic E-state index is 13.0. The lowest BCUT2D eigenvalue weighted by Gasteiger charge is -2.43. The first-order chi connectivity index (χ1) is 12.6. The molecule has 1 saturated carbocycles. The van der Waals surface area contributed by atoms with Gasteiger partial charge in [-0.25, -0.2) is 0 Å². The minimum absolute atomic E-state index is 0.0974. The molecule has 3 rings (SSSR count). The molecule has 1 aliphatic rings. The predicted molar refractivity (Wildman–Crippen MR) is 103 cm³/mol. The molecule has 1 amide bonds. The number of allylic oxidation sites excluding steroid dienone is 1. The number of nitrogens with one attached hydrogen (secondary N) is 1. The lowest BCUT2D eigenvalue weighted by molar-refractivity contribution is 0.0823. The Kier molecular flexibility index (Phi) is 5.31. The quantitative estimate of drug-likeness (QED) is 0.759. The van der Waals surface area contributed by atoms with Crippen molar-refractivity contribution < 1.29 is 14.3 Å². The number of carbonyl (C=O) groups is 1. The van der Waals surface area contributed by atoms with Crippen LogP contribution in [-0.4, -0.2) is 20.1 Å². The van der Waals surface area contributed by atoms with Crippen LogP contribution in [0.15, 0.2) is 55.1 Å². The molecule has 0 bridgehead atoms. The molecule has 0 aliphatic heterocycles. The molecule has 136 valence electrons. The number of methoxy groups -OCH3 is 2. The molecule has 0 unspecified atom stereocenters. The molecule has 0 saturated heterocycles. The summed E-state index contributed by atoms with van der Waals surface area (Å²) in [4.78, 5) is 13.0. The number of carbonyl (C=O) groups excluding carboxylic acids is 1. The van der Waals surface area contributed by atoms with Gasteiger partial charge in [0.2, 0.25) is 0 Å². The van der Waals surface area contributed by atoms with E-state index < -0.39 is 0 Å². The molecule has 1 fully saturated rings. The first kappa shape index (κ1) is 18.1. The van der Waals surface area contributed by atoms with Crippen molar-refractivity contribution in [1.82, 2.24) is 5.32 Å². The third-order valence-corrected chi connectivity index (χ3v) is 5.07. The fourth-order valence-electron chi connectivity index (χ4n) is 3.54. The Morgan fingerprint density at radius 1 is 1.19 bits per heavy atom. The minimum Gasteiger partial charge on any atom is -0.493 e. The van der Waals surface area contributed by atoms with Crippen molar-refractivity contribution in [2.75, 3.05) is 14.2 Å². The summed E-state index contributed by atoms with van der Waals surface area (Å²) in [6, 6.07) is 13.8. The Hall–Kier alpha value is -2.75. The van der Waals surface area contributed by atoms with Gasteiger partial charge in [0.1, 0.15) is 0 Å². The summed E-state index contributed by atoms with van der Waals surface area (Å²) in [5.74, 6) is 1.10. The molecule has 0 spiro atoms. The Balaban J connectivity index is 1.92. The zero-order valence-corrected chi connectivity index (χ0v) is 15.4. The molecule has 4 nitrogen and oxygen atoms in total. The van der Waals surface area contributed by atoms with Gasteiger partial charge >= 0.3 is 0 Å². The molecule has 1 N–H and O–H groups in total. The monoisotopic (exact) mass is 351 g/mol.